The van der Waals surface area contributed by atoms with Crippen LogP contribution in [0.5, 0.6) is 11.5 Å². The van der Waals surface area contributed by atoms with Crippen LogP contribution in [0.3, 0.4) is 0 Å². The molecule has 2 unspecified atom stereocenters. The van der Waals surface area contributed by atoms with Crippen molar-refractivity contribution in [3.63, 3.8) is 0 Å². The fourth-order valence-electron chi connectivity index (χ4n) is 3.80. The zero-order valence-corrected chi connectivity index (χ0v) is 11.8. The lowest BCUT2D eigenvalue weighted by Gasteiger charge is -2.33. The Bertz CT molecular complexity index is 463. The zero-order chi connectivity index (χ0) is 13.4. The molecule has 0 amide bonds. The number of nitrogens with zero attached hydrogens (tertiary/aromatic N) is 1. The van der Waals surface area contributed by atoms with Crippen molar-refractivity contribution in [2.75, 3.05) is 26.4 Å². The lowest BCUT2D eigenvalue weighted by atomic mass is 9.96. The van der Waals surface area contributed by atoms with Gasteiger partial charge in [0.2, 0.25) is 6.79 Å². The minimum atomic E-state index is 0.356. The Hall–Kier alpha value is -1.26. The minimum Gasteiger partial charge on any atom is -0.454 e. The molecule has 0 bridgehead atoms. The van der Waals surface area contributed by atoms with E-state index in [-0.39, 0.29) is 0 Å². The summed E-state index contributed by atoms with van der Waals surface area (Å²) in [5.74, 6) is 1.79. The maximum Gasteiger partial charge on any atom is 0.231 e. The van der Waals surface area contributed by atoms with Gasteiger partial charge in [-0.2, -0.15) is 0 Å². The fourth-order valence-corrected chi connectivity index (χ4v) is 3.80. The summed E-state index contributed by atoms with van der Waals surface area (Å²) in [5.41, 5.74) is 1.37. The number of hydrogen-bond acceptors (Lipinski definition) is 4. The van der Waals surface area contributed by atoms with E-state index >= 15 is 0 Å². The number of benzene rings is 1. The van der Waals surface area contributed by atoms with Crippen molar-refractivity contribution < 1.29 is 9.47 Å². The molecule has 0 aromatic heterocycles. The summed E-state index contributed by atoms with van der Waals surface area (Å²) in [5, 5.41) is 3.69. The lowest BCUT2D eigenvalue weighted by molar-refractivity contribution is 0.173. The first kappa shape index (κ1) is 12.5. The maximum absolute atomic E-state index is 5.55. The van der Waals surface area contributed by atoms with Crippen molar-refractivity contribution in [2.24, 2.45) is 0 Å². The number of fused-ring (bicyclic) bond motifs is 1. The molecule has 1 N–H and O–H groups in total. The minimum absolute atomic E-state index is 0.356. The molecular weight excluding hydrogens is 252 g/mol. The van der Waals surface area contributed by atoms with Crippen LogP contribution in [-0.2, 0) is 0 Å². The second-order valence-electron chi connectivity index (χ2n) is 6.00. The van der Waals surface area contributed by atoms with Crippen LogP contribution in [0.25, 0.3) is 0 Å². The molecule has 20 heavy (non-hydrogen) atoms. The van der Waals surface area contributed by atoms with E-state index in [9.17, 15) is 0 Å². The van der Waals surface area contributed by atoms with Crippen LogP contribution in [0.2, 0.25) is 0 Å². The van der Waals surface area contributed by atoms with E-state index in [2.05, 4.69) is 28.4 Å². The number of likely N-dealkylation sites (tertiary alicyclic amines) is 1. The van der Waals surface area contributed by atoms with E-state index in [0.29, 0.717) is 18.9 Å². The molecule has 2 atom stereocenters. The van der Waals surface area contributed by atoms with Gasteiger partial charge in [0.05, 0.1) is 6.04 Å². The summed E-state index contributed by atoms with van der Waals surface area (Å²) < 4.78 is 11.0. The Morgan fingerprint density at radius 2 is 1.95 bits per heavy atom. The summed E-state index contributed by atoms with van der Waals surface area (Å²) in [6, 6.07) is 7.53. The van der Waals surface area contributed by atoms with Crippen molar-refractivity contribution in [3.8, 4) is 11.5 Å². The van der Waals surface area contributed by atoms with E-state index in [4.69, 9.17) is 9.47 Å². The molecule has 4 rings (SSSR count). The molecule has 108 valence electrons. The Morgan fingerprint density at radius 3 is 2.75 bits per heavy atom. The fraction of sp³-hybridized carbons (Fsp3) is 0.625. The second kappa shape index (κ2) is 5.26. The zero-order valence-electron chi connectivity index (χ0n) is 11.8. The van der Waals surface area contributed by atoms with E-state index in [1.807, 2.05) is 0 Å². The van der Waals surface area contributed by atoms with Crippen LogP contribution in [0.1, 0.15) is 37.3 Å². The molecule has 4 nitrogen and oxygen atoms in total. The van der Waals surface area contributed by atoms with Gasteiger partial charge >= 0.3 is 0 Å². The van der Waals surface area contributed by atoms with Gasteiger partial charge in [-0.1, -0.05) is 6.07 Å². The van der Waals surface area contributed by atoms with Crippen LogP contribution in [0.15, 0.2) is 18.2 Å². The van der Waals surface area contributed by atoms with Gasteiger partial charge in [-0.05, 0) is 63.0 Å². The Morgan fingerprint density at radius 1 is 1.10 bits per heavy atom. The lowest BCUT2D eigenvalue weighted by Crippen LogP contribution is -2.39. The summed E-state index contributed by atoms with van der Waals surface area (Å²) >= 11 is 0. The Balaban J connectivity index is 1.65. The van der Waals surface area contributed by atoms with E-state index in [0.717, 1.165) is 18.0 Å². The molecule has 2 saturated heterocycles. The molecule has 0 radical (unpaired) electrons. The first-order chi connectivity index (χ1) is 9.92. The SMILES string of the molecule is c1cc2c(cc1C(C1CCCN1)N1CCCC1)OCO2. The highest BCUT2D eigenvalue weighted by Gasteiger charge is 2.33. The molecule has 3 aliphatic rings. The molecule has 1 aromatic carbocycles. The number of ether oxygens (including phenoxy) is 2. The first-order valence-electron chi connectivity index (χ1n) is 7.79. The molecule has 0 spiro atoms. The highest BCUT2D eigenvalue weighted by molar-refractivity contribution is 5.45. The quantitative estimate of drug-likeness (QED) is 0.917. The molecule has 2 fully saturated rings. The van der Waals surface area contributed by atoms with Gasteiger partial charge in [0.1, 0.15) is 0 Å². The van der Waals surface area contributed by atoms with Crippen molar-refractivity contribution >= 4 is 0 Å². The molecule has 0 saturated carbocycles. The molecule has 0 aliphatic carbocycles. The van der Waals surface area contributed by atoms with Gasteiger partial charge in [0.15, 0.2) is 11.5 Å². The number of hydrogen-bond donors (Lipinski definition) is 1. The largest absolute Gasteiger partial charge is 0.454 e. The average molecular weight is 274 g/mol. The molecule has 4 heteroatoms. The van der Waals surface area contributed by atoms with Gasteiger partial charge < -0.3 is 14.8 Å². The first-order valence-corrected chi connectivity index (χ1v) is 7.79. The topological polar surface area (TPSA) is 33.7 Å². The van der Waals surface area contributed by atoms with Crippen molar-refractivity contribution in [1.29, 1.82) is 0 Å². The van der Waals surface area contributed by atoms with E-state index in [1.54, 1.807) is 0 Å². The third-order valence-electron chi connectivity index (χ3n) is 4.75. The van der Waals surface area contributed by atoms with Crippen LogP contribution in [0.4, 0.5) is 0 Å². The summed E-state index contributed by atoms with van der Waals surface area (Å²) in [7, 11) is 0. The van der Waals surface area contributed by atoms with Crippen molar-refractivity contribution in [2.45, 2.75) is 37.8 Å². The Kier molecular flexibility index (Phi) is 3.28. The van der Waals surface area contributed by atoms with Gasteiger partial charge in [0, 0.05) is 6.04 Å². The van der Waals surface area contributed by atoms with Gasteiger partial charge in [-0.25, -0.2) is 0 Å². The summed E-state index contributed by atoms with van der Waals surface area (Å²) in [6.07, 6.45) is 5.22. The Labute approximate surface area is 120 Å². The standard InChI is InChI=1S/C16H22N2O2/c1-2-9-18(8-1)16(13-4-3-7-17-13)12-5-6-14-15(10-12)20-11-19-14/h5-6,10,13,16-17H,1-4,7-9,11H2. The van der Waals surface area contributed by atoms with E-state index < -0.39 is 0 Å². The average Bonchev–Trinajstić information content (AvgIpc) is 3.22. The van der Waals surface area contributed by atoms with Crippen LogP contribution in [-0.4, -0.2) is 37.4 Å². The highest BCUT2D eigenvalue weighted by atomic mass is 16.7. The maximum atomic E-state index is 5.55. The smallest absolute Gasteiger partial charge is 0.231 e. The predicted molar refractivity (Wildman–Crippen MR) is 77.1 cm³/mol. The van der Waals surface area contributed by atoms with Crippen molar-refractivity contribution in [1.82, 2.24) is 10.2 Å². The highest BCUT2D eigenvalue weighted by Crippen LogP contribution is 2.38. The molecular formula is C16H22N2O2. The molecule has 1 aromatic rings. The third kappa shape index (κ3) is 2.17. The van der Waals surface area contributed by atoms with Crippen LogP contribution >= 0.6 is 0 Å². The molecule has 3 aliphatic heterocycles. The van der Waals surface area contributed by atoms with Gasteiger partial charge in [-0.3, -0.25) is 4.90 Å². The predicted octanol–water partition coefficient (Wildman–Crippen LogP) is 2.30. The normalized spacial score (nSPS) is 27.1. The second-order valence-corrected chi connectivity index (χ2v) is 6.00. The summed E-state index contributed by atoms with van der Waals surface area (Å²) in [4.78, 5) is 2.64. The number of rotatable bonds is 3. The third-order valence-corrected chi connectivity index (χ3v) is 4.75. The van der Waals surface area contributed by atoms with Gasteiger partial charge in [0.25, 0.3) is 0 Å². The monoisotopic (exact) mass is 274 g/mol. The van der Waals surface area contributed by atoms with Crippen molar-refractivity contribution in [3.05, 3.63) is 23.8 Å². The molecule has 3 heterocycles. The summed E-state index contributed by atoms with van der Waals surface area (Å²) in [6.45, 7) is 3.95. The van der Waals surface area contributed by atoms with Crippen LogP contribution < -0.4 is 14.8 Å². The van der Waals surface area contributed by atoms with E-state index in [1.165, 1.54) is 44.3 Å². The van der Waals surface area contributed by atoms with Crippen LogP contribution in [0, 0.1) is 0 Å². The van der Waals surface area contributed by atoms with Gasteiger partial charge in [-0.15, -0.1) is 0 Å². The number of nitrogens with one attached hydrogen (secondary N) is 1.